The van der Waals surface area contributed by atoms with E-state index in [4.69, 9.17) is 4.74 Å². The van der Waals surface area contributed by atoms with Gasteiger partial charge in [0.15, 0.2) is 0 Å². The summed E-state index contributed by atoms with van der Waals surface area (Å²) in [6.07, 6.45) is 2.22. The predicted octanol–water partition coefficient (Wildman–Crippen LogP) is 1.61. The molecule has 0 aliphatic carbocycles. The van der Waals surface area contributed by atoms with Gasteiger partial charge in [0, 0.05) is 17.9 Å². The van der Waals surface area contributed by atoms with Crippen molar-refractivity contribution in [1.29, 1.82) is 0 Å². The van der Waals surface area contributed by atoms with Crippen LogP contribution in [-0.4, -0.2) is 31.0 Å². The number of aliphatic hydroxyl groups is 1. The molecular formula is C17H28NO2+. The summed E-state index contributed by atoms with van der Waals surface area (Å²) in [4.78, 5) is 0. The van der Waals surface area contributed by atoms with Crippen LogP contribution in [0.25, 0.3) is 0 Å². The van der Waals surface area contributed by atoms with Crippen LogP contribution in [0, 0.1) is 11.8 Å². The third-order valence-electron chi connectivity index (χ3n) is 4.89. The van der Waals surface area contributed by atoms with Gasteiger partial charge in [0.25, 0.3) is 0 Å². The van der Waals surface area contributed by atoms with Crippen molar-refractivity contribution in [3.05, 3.63) is 35.9 Å². The van der Waals surface area contributed by atoms with Gasteiger partial charge >= 0.3 is 0 Å². The molecule has 0 aromatic heterocycles. The van der Waals surface area contributed by atoms with E-state index >= 15 is 0 Å². The average Bonchev–Trinajstić information content (AvgIpc) is 2.49. The van der Waals surface area contributed by atoms with E-state index in [0.29, 0.717) is 5.92 Å². The van der Waals surface area contributed by atoms with Crippen LogP contribution in [0.3, 0.4) is 0 Å². The van der Waals surface area contributed by atoms with Crippen molar-refractivity contribution >= 4 is 0 Å². The molecule has 1 aliphatic rings. The average molecular weight is 278 g/mol. The monoisotopic (exact) mass is 278 g/mol. The summed E-state index contributed by atoms with van der Waals surface area (Å²) in [5, 5.41) is 9.85. The first-order valence-corrected chi connectivity index (χ1v) is 7.71. The van der Waals surface area contributed by atoms with Crippen LogP contribution in [0.1, 0.15) is 32.3 Å². The summed E-state index contributed by atoms with van der Waals surface area (Å²) in [7, 11) is 0. The van der Waals surface area contributed by atoms with E-state index in [1.807, 2.05) is 0 Å². The zero-order valence-corrected chi connectivity index (χ0v) is 12.7. The minimum absolute atomic E-state index is 0.00491. The number of rotatable bonds is 5. The molecule has 1 saturated heterocycles. The minimum Gasteiger partial charge on any atom is -0.396 e. The molecule has 0 amide bonds. The third kappa shape index (κ3) is 2.90. The van der Waals surface area contributed by atoms with Crippen molar-refractivity contribution in [1.82, 2.24) is 0 Å². The van der Waals surface area contributed by atoms with Crippen molar-refractivity contribution in [2.75, 3.05) is 19.8 Å². The molecule has 0 spiro atoms. The molecule has 3 atom stereocenters. The van der Waals surface area contributed by atoms with Crippen LogP contribution in [0.2, 0.25) is 0 Å². The lowest BCUT2D eigenvalue weighted by Gasteiger charge is -2.46. The lowest BCUT2D eigenvalue weighted by molar-refractivity contribution is -0.386. The molecule has 112 valence electrons. The Kier molecular flexibility index (Phi) is 5.19. The molecule has 20 heavy (non-hydrogen) atoms. The van der Waals surface area contributed by atoms with E-state index in [0.717, 1.165) is 26.0 Å². The van der Waals surface area contributed by atoms with Gasteiger partial charge in [-0.2, -0.15) is 0 Å². The van der Waals surface area contributed by atoms with Gasteiger partial charge in [0.1, 0.15) is 0 Å². The Bertz CT molecular complexity index is 403. The zero-order valence-electron chi connectivity index (χ0n) is 12.7. The fraction of sp³-hybridized carbons (Fsp3) is 0.647. The SMILES string of the molecule is CC(C)[C@@H]1C[C@](c2ccccc2)([C@H](C[NH3+])CO)CCO1. The smallest absolute Gasteiger partial charge is 0.0799 e. The van der Waals surface area contributed by atoms with Crippen molar-refractivity contribution < 1.29 is 15.6 Å². The lowest BCUT2D eigenvalue weighted by Crippen LogP contribution is -2.60. The summed E-state index contributed by atoms with van der Waals surface area (Å²) in [6.45, 7) is 6.15. The Labute approximate surface area is 122 Å². The van der Waals surface area contributed by atoms with Gasteiger partial charge in [-0.25, -0.2) is 0 Å². The lowest BCUT2D eigenvalue weighted by atomic mass is 9.63. The topological polar surface area (TPSA) is 57.1 Å². The molecule has 0 unspecified atom stereocenters. The standard InChI is InChI=1S/C17H27NO2/c1-13(2)16-10-17(8-9-20-16,15(11-18)12-19)14-6-4-3-5-7-14/h3-7,13,15-16,19H,8-12,18H2,1-2H3/p+1/t15-,16+,17-/m1/s1. The van der Waals surface area contributed by atoms with Gasteiger partial charge in [0.2, 0.25) is 0 Å². The summed E-state index contributed by atoms with van der Waals surface area (Å²) >= 11 is 0. The van der Waals surface area contributed by atoms with Gasteiger partial charge < -0.3 is 15.6 Å². The van der Waals surface area contributed by atoms with E-state index in [-0.39, 0.29) is 24.0 Å². The highest BCUT2D eigenvalue weighted by Crippen LogP contribution is 2.44. The first-order valence-electron chi connectivity index (χ1n) is 7.71. The molecule has 0 saturated carbocycles. The molecular weight excluding hydrogens is 250 g/mol. The quantitative estimate of drug-likeness (QED) is 0.859. The minimum atomic E-state index is 0.00491. The molecule has 2 rings (SSSR count). The maximum absolute atomic E-state index is 9.85. The summed E-state index contributed by atoms with van der Waals surface area (Å²) in [5.41, 5.74) is 5.41. The second-order valence-corrected chi connectivity index (χ2v) is 6.30. The second-order valence-electron chi connectivity index (χ2n) is 6.30. The van der Waals surface area contributed by atoms with E-state index in [2.05, 4.69) is 49.9 Å². The van der Waals surface area contributed by atoms with E-state index in [1.165, 1.54) is 5.56 Å². The van der Waals surface area contributed by atoms with Crippen LogP contribution < -0.4 is 5.73 Å². The molecule has 3 heteroatoms. The molecule has 1 aromatic rings. The zero-order chi connectivity index (χ0) is 14.6. The summed E-state index contributed by atoms with van der Waals surface area (Å²) < 4.78 is 5.95. The van der Waals surface area contributed by atoms with Crippen LogP contribution in [0.4, 0.5) is 0 Å². The van der Waals surface area contributed by atoms with E-state index < -0.39 is 0 Å². The van der Waals surface area contributed by atoms with Gasteiger partial charge in [-0.05, 0) is 24.3 Å². The summed E-state index contributed by atoms with van der Waals surface area (Å²) in [6, 6.07) is 10.6. The summed E-state index contributed by atoms with van der Waals surface area (Å²) in [5.74, 6) is 0.706. The number of hydrogen-bond acceptors (Lipinski definition) is 2. The van der Waals surface area contributed by atoms with Crippen molar-refractivity contribution in [3.8, 4) is 0 Å². The van der Waals surface area contributed by atoms with Crippen molar-refractivity contribution in [3.63, 3.8) is 0 Å². The molecule has 0 bridgehead atoms. The van der Waals surface area contributed by atoms with Crippen LogP contribution in [0.15, 0.2) is 30.3 Å². The molecule has 0 radical (unpaired) electrons. The van der Waals surface area contributed by atoms with Gasteiger partial charge in [-0.3, -0.25) is 0 Å². The van der Waals surface area contributed by atoms with E-state index in [1.54, 1.807) is 0 Å². The van der Waals surface area contributed by atoms with Gasteiger partial charge in [-0.15, -0.1) is 0 Å². The Morgan fingerprint density at radius 2 is 2.05 bits per heavy atom. The Balaban J connectivity index is 2.39. The number of aliphatic hydroxyl groups excluding tert-OH is 1. The Morgan fingerprint density at radius 1 is 1.35 bits per heavy atom. The second kappa shape index (κ2) is 6.70. The largest absolute Gasteiger partial charge is 0.396 e. The molecule has 1 fully saturated rings. The molecule has 1 aromatic carbocycles. The molecule has 1 heterocycles. The third-order valence-corrected chi connectivity index (χ3v) is 4.89. The first kappa shape index (κ1) is 15.5. The Morgan fingerprint density at radius 3 is 2.60 bits per heavy atom. The molecule has 4 N–H and O–H groups in total. The predicted molar refractivity (Wildman–Crippen MR) is 80.3 cm³/mol. The number of quaternary nitrogens is 1. The molecule has 3 nitrogen and oxygen atoms in total. The Hall–Kier alpha value is -0.900. The number of hydrogen-bond donors (Lipinski definition) is 2. The van der Waals surface area contributed by atoms with Crippen LogP contribution in [0.5, 0.6) is 0 Å². The van der Waals surface area contributed by atoms with Crippen LogP contribution >= 0.6 is 0 Å². The fourth-order valence-electron chi connectivity index (χ4n) is 3.52. The maximum atomic E-state index is 9.85. The molecule has 1 aliphatic heterocycles. The van der Waals surface area contributed by atoms with Crippen molar-refractivity contribution in [2.45, 2.75) is 38.2 Å². The highest BCUT2D eigenvalue weighted by Gasteiger charge is 2.45. The highest BCUT2D eigenvalue weighted by atomic mass is 16.5. The number of benzene rings is 1. The maximum Gasteiger partial charge on any atom is 0.0799 e. The van der Waals surface area contributed by atoms with Gasteiger partial charge in [-0.1, -0.05) is 44.2 Å². The van der Waals surface area contributed by atoms with Crippen molar-refractivity contribution in [2.24, 2.45) is 11.8 Å². The number of ether oxygens (including phenoxy) is 1. The fourth-order valence-corrected chi connectivity index (χ4v) is 3.52. The first-order chi connectivity index (χ1) is 9.64. The van der Waals surface area contributed by atoms with E-state index in [9.17, 15) is 5.11 Å². The normalized spacial score (nSPS) is 28.6. The van der Waals surface area contributed by atoms with Crippen LogP contribution in [-0.2, 0) is 10.2 Å². The highest BCUT2D eigenvalue weighted by molar-refractivity contribution is 5.28. The van der Waals surface area contributed by atoms with Gasteiger partial charge in [0.05, 0.1) is 19.3 Å².